The van der Waals surface area contributed by atoms with Crippen LogP contribution in [0.3, 0.4) is 0 Å². The summed E-state index contributed by atoms with van der Waals surface area (Å²) >= 11 is 0. The Balaban J connectivity index is 1.35. The lowest BCUT2D eigenvalue weighted by Gasteiger charge is -1.99. The molecule has 0 radical (unpaired) electrons. The van der Waals surface area contributed by atoms with Gasteiger partial charge in [-0.3, -0.25) is 0 Å². The van der Waals surface area contributed by atoms with Crippen molar-refractivity contribution in [1.29, 1.82) is 0 Å². The molecule has 0 amide bonds. The molecule has 2 aromatic heterocycles. The van der Waals surface area contributed by atoms with Crippen LogP contribution >= 0.6 is 0 Å². The Morgan fingerprint density at radius 3 is 1.45 bits per heavy atom. The monoisotopic (exact) mass is 512 g/mol. The molecule has 0 saturated carbocycles. The molecule has 0 fully saturated rings. The minimum absolute atomic E-state index is 0.200. The summed E-state index contributed by atoms with van der Waals surface area (Å²) in [6, 6.07) is 15.4. The maximum Gasteiger partial charge on any atom is 0.513 e. The number of carbonyl (C=O) groups is 3. The Hall–Kier alpha value is -5.05. The maximum atomic E-state index is 13.0. The summed E-state index contributed by atoms with van der Waals surface area (Å²) in [6.45, 7) is 1.19. The number of hydrogen-bond donors (Lipinski definition) is 0. The molecule has 0 aliphatic rings. The molecular weight excluding hydrogens is 484 g/mol. The second-order valence-electron chi connectivity index (χ2n) is 8.47. The second kappa shape index (κ2) is 12.3. The van der Waals surface area contributed by atoms with Gasteiger partial charge in [0.05, 0.1) is 14.2 Å². The van der Waals surface area contributed by atoms with E-state index in [1.54, 1.807) is 37.2 Å². The number of benzene rings is 2. The zero-order valence-corrected chi connectivity index (χ0v) is 21.1. The number of methoxy groups -OCH3 is 2. The van der Waals surface area contributed by atoms with E-state index in [0.717, 1.165) is 22.3 Å². The van der Waals surface area contributed by atoms with Gasteiger partial charge >= 0.3 is 18.0 Å². The number of nitrogens with zero attached hydrogens (tertiary/aromatic N) is 4. The number of aromatic nitrogens is 4. The van der Waals surface area contributed by atoms with E-state index in [2.05, 4.69) is 9.47 Å². The van der Waals surface area contributed by atoms with Crippen LogP contribution in [-0.4, -0.2) is 41.3 Å². The molecule has 192 valence electrons. The van der Waals surface area contributed by atoms with Gasteiger partial charge in [0.15, 0.2) is 0 Å². The Bertz CT molecular complexity index is 1370. The summed E-state index contributed by atoms with van der Waals surface area (Å²) in [7, 11) is 2.68. The number of carbonyl (C=O) groups excluding carboxylic acids is 3. The quantitative estimate of drug-likeness (QED) is 0.206. The van der Waals surface area contributed by atoms with E-state index >= 15 is 0 Å². The molecule has 9 heteroatoms. The predicted octanol–water partition coefficient (Wildman–Crippen LogP) is 2.85. The van der Waals surface area contributed by atoms with E-state index < -0.39 is 11.9 Å². The van der Waals surface area contributed by atoms with Gasteiger partial charge in [-0.2, -0.15) is 4.79 Å². The molecule has 0 saturated heterocycles. The highest BCUT2D eigenvalue weighted by atomic mass is 16.5. The summed E-state index contributed by atoms with van der Waals surface area (Å²) in [5.74, 6) is -0.798. The van der Waals surface area contributed by atoms with Crippen LogP contribution in [0, 0.1) is 0 Å². The van der Waals surface area contributed by atoms with E-state index in [0.29, 0.717) is 13.1 Å². The fourth-order valence-electron chi connectivity index (χ4n) is 3.69. The largest absolute Gasteiger partial charge is 0.513 e. The van der Waals surface area contributed by atoms with E-state index in [4.69, 9.17) is 0 Å². The molecule has 0 atom stereocenters. The molecule has 0 bridgehead atoms. The van der Waals surface area contributed by atoms with Crippen molar-refractivity contribution >= 4 is 30.1 Å². The number of rotatable bonds is 8. The Kier molecular flexibility index (Phi) is 8.40. The number of hydrogen-bond acceptors (Lipinski definition) is 5. The number of esters is 2. The lowest BCUT2D eigenvalue weighted by Crippen LogP contribution is -2.33. The molecule has 0 spiro atoms. The van der Waals surface area contributed by atoms with Crippen LogP contribution in [0.5, 0.6) is 0 Å². The van der Waals surface area contributed by atoms with Crippen LogP contribution in [0.2, 0.25) is 0 Å². The molecule has 2 aromatic carbocycles. The van der Waals surface area contributed by atoms with Gasteiger partial charge in [-0.1, -0.05) is 48.5 Å². The molecule has 9 nitrogen and oxygen atoms in total. The molecule has 38 heavy (non-hydrogen) atoms. The van der Waals surface area contributed by atoms with Crippen molar-refractivity contribution in [3.63, 3.8) is 0 Å². The van der Waals surface area contributed by atoms with Gasteiger partial charge in [0.25, 0.3) is 12.7 Å². The zero-order valence-electron chi connectivity index (χ0n) is 21.1. The van der Waals surface area contributed by atoms with Crippen molar-refractivity contribution in [1.82, 2.24) is 9.13 Å². The molecule has 4 rings (SSSR count). The lowest BCUT2D eigenvalue weighted by molar-refractivity contribution is -0.687. The van der Waals surface area contributed by atoms with Gasteiger partial charge in [0.1, 0.15) is 37.9 Å². The first-order chi connectivity index (χ1) is 18.4. The molecule has 2 heterocycles. The van der Waals surface area contributed by atoms with E-state index in [-0.39, 0.29) is 6.03 Å². The van der Waals surface area contributed by atoms with Gasteiger partial charge < -0.3 is 9.47 Å². The van der Waals surface area contributed by atoms with Crippen LogP contribution in [0.4, 0.5) is 4.79 Å². The highest BCUT2D eigenvalue weighted by Gasteiger charge is 2.21. The molecule has 0 aliphatic carbocycles. The number of ether oxygens (including phenoxy) is 2. The maximum absolute atomic E-state index is 13.0. The summed E-state index contributed by atoms with van der Waals surface area (Å²) in [5.41, 5.74) is 3.90. The van der Waals surface area contributed by atoms with Crippen molar-refractivity contribution in [2.45, 2.75) is 13.1 Å². The number of imidazole rings is 2. The van der Waals surface area contributed by atoms with E-state index in [9.17, 15) is 14.4 Å². The van der Waals surface area contributed by atoms with Crippen LogP contribution < -0.4 is 9.13 Å². The first kappa shape index (κ1) is 26.0. The predicted molar refractivity (Wildman–Crippen MR) is 139 cm³/mol. The average molecular weight is 513 g/mol. The second-order valence-corrected chi connectivity index (χ2v) is 8.47. The SMILES string of the molecule is COC(=O)/C=C/c1ccc(C[n+]2ccn(C(=O)n3cc[n+](Cc4ccc(/C=C/C(=O)OC)cc4)c3)c2)cc1. The summed E-state index contributed by atoms with van der Waals surface area (Å²) in [5, 5.41) is 0. The Labute approximate surface area is 220 Å². The zero-order chi connectivity index (χ0) is 26.9. The van der Waals surface area contributed by atoms with Crippen molar-refractivity contribution in [2.75, 3.05) is 14.2 Å². The summed E-state index contributed by atoms with van der Waals surface area (Å²) < 4.78 is 16.1. The van der Waals surface area contributed by atoms with Crippen LogP contribution in [-0.2, 0) is 32.2 Å². The minimum atomic E-state index is -0.399. The first-order valence-corrected chi connectivity index (χ1v) is 11.8. The third-order valence-corrected chi connectivity index (χ3v) is 5.74. The minimum Gasteiger partial charge on any atom is -0.466 e. The van der Waals surface area contributed by atoms with Gasteiger partial charge in [0.2, 0.25) is 0 Å². The van der Waals surface area contributed by atoms with E-state index in [1.807, 2.05) is 70.1 Å². The Morgan fingerprint density at radius 2 is 1.08 bits per heavy atom. The van der Waals surface area contributed by atoms with Crippen molar-refractivity contribution in [3.05, 3.63) is 120 Å². The van der Waals surface area contributed by atoms with Gasteiger partial charge in [0, 0.05) is 12.2 Å². The Morgan fingerprint density at radius 1 is 0.684 bits per heavy atom. The van der Waals surface area contributed by atoms with Crippen molar-refractivity contribution in [2.24, 2.45) is 0 Å². The third-order valence-electron chi connectivity index (χ3n) is 5.74. The summed E-state index contributed by atoms with van der Waals surface area (Å²) in [4.78, 5) is 35.4. The van der Waals surface area contributed by atoms with Gasteiger partial charge in [-0.15, -0.1) is 9.13 Å². The van der Waals surface area contributed by atoms with Crippen LogP contribution in [0.1, 0.15) is 22.3 Å². The molecule has 0 unspecified atom stereocenters. The van der Waals surface area contributed by atoms with E-state index in [1.165, 1.54) is 35.5 Å². The van der Waals surface area contributed by atoms with Gasteiger partial charge in [-0.25, -0.2) is 18.7 Å². The fraction of sp³-hybridized carbons (Fsp3) is 0.138. The standard InChI is InChI=1S/C29H28N4O5/c1-37-27(34)13-11-23-3-7-25(8-4-23)19-30-15-17-32(21-30)29(36)33-18-16-31(22-33)20-26-9-5-24(6-10-26)12-14-28(35)38-2/h3-18,21-22H,19-20H2,1-2H3/q+2/b13-11+,14-12+. The highest BCUT2D eigenvalue weighted by molar-refractivity contribution is 5.87. The average Bonchev–Trinajstić information content (AvgIpc) is 3.61. The topological polar surface area (TPSA) is 87.3 Å². The van der Waals surface area contributed by atoms with Crippen LogP contribution in [0.25, 0.3) is 12.2 Å². The smallest absolute Gasteiger partial charge is 0.466 e. The highest BCUT2D eigenvalue weighted by Crippen LogP contribution is 2.08. The third kappa shape index (κ3) is 7.01. The van der Waals surface area contributed by atoms with Gasteiger partial charge in [-0.05, 0) is 34.4 Å². The normalized spacial score (nSPS) is 11.2. The molecule has 0 N–H and O–H groups in total. The van der Waals surface area contributed by atoms with Crippen molar-refractivity contribution in [3.8, 4) is 0 Å². The van der Waals surface area contributed by atoms with Crippen molar-refractivity contribution < 1.29 is 33.0 Å². The molecular formula is C29H28N4O5+2. The molecule has 4 aromatic rings. The van der Waals surface area contributed by atoms with Crippen LogP contribution in [0.15, 0.2) is 98.1 Å². The lowest BCUT2D eigenvalue weighted by atomic mass is 10.1. The first-order valence-electron chi connectivity index (χ1n) is 11.8. The fourth-order valence-corrected chi connectivity index (χ4v) is 3.69. The summed E-state index contributed by atoms with van der Waals surface area (Å²) in [6.07, 6.45) is 16.8. The molecule has 0 aliphatic heterocycles.